The first kappa shape index (κ1) is 13.8. The standard InChI is InChI=1S/C14H16N2O2S/c1-18-14-8-11(15-9-16-14)7-13(17)10-3-5-12(19-2)6-4-10/h3-6,8-9,13,17H,7H2,1-2H3. The normalized spacial score (nSPS) is 12.2. The van der Waals surface area contributed by atoms with Crippen LogP contribution in [0.5, 0.6) is 5.88 Å². The fourth-order valence-corrected chi connectivity index (χ4v) is 2.15. The summed E-state index contributed by atoms with van der Waals surface area (Å²) in [4.78, 5) is 9.25. The third kappa shape index (κ3) is 3.68. The maximum absolute atomic E-state index is 10.2. The molecule has 1 aromatic carbocycles. The van der Waals surface area contributed by atoms with Crippen LogP contribution < -0.4 is 4.74 Å². The average Bonchev–Trinajstić information content (AvgIpc) is 2.47. The van der Waals surface area contributed by atoms with Crippen LogP contribution >= 0.6 is 11.8 Å². The number of benzene rings is 1. The summed E-state index contributed by atoms with van der Waals surface area (Å²) < 4.78 is 5.04. The minimum atomic E-state index is -0.574. The van der Waals surface area contributed by atoms with E-state index in [0.29, 0.717) is 12.3 Å². The molecule has 5 heteroatoms. The molecule has 0 fully saturated rings. The zero-order valence-electron chi connectivity index (χ0n) is 10.9. The first-order valence-corrected chi connectivity index (χ1v) is 7.12. The quantitative estimate of drug-likeness (QED) is 0.850. The Morgan fingerprint density at radius 1 is 1.26 bits per heavy atom. The molecule has 0 aliphatic rings. The molecule has 1 unspecified atom stereocenters. The summed E-state index contributed by atoms with van der Waals surface area (Å²) in [6, 6.07) is 9.62. The number of nitrogens with zero attached hydrogens (tertiary/aromatic N) is 2. The van der Waals surface area contributed by atoms with Crippen molar-refractivity contribution in [3.8, 4) is 5.88 Å². The molecular formula is C14H16N2O2S. The molecule has 0 saturated heterocycles. The van der Waals surface area contributed by atoms with Gasteiger partial charge in [0, 0.05) is 17.4 Å². The molecule has 1 aromatic heterocycles. The van der Waals surface area contributed by atoms with E-state index in [1.54, 1.807) is 24.9 Å². The summed E-state index contributed by atoms with van der Waals surface area (Å²) in [5, 5.41) is 10.2. The molecule has 0 aliphatic heterocycles. The average molecular weight is 276 g/mol. The van der Waals surface area contributed by atoms with Gasteiger partial charge in [-0.05, 0) is 24.0 Å². The molecule has 1 N–H and O–H groups in total. The van der Waals surface area contributed by atoms with Gasteiger partial charge in [0.2, 0.25) is 5.88 Å². The van der Waals surface area contributed by atoms with E-state index in [-0.39, 0.29) is 0 Å². The van der Waals surface area contributed by atoms with Crippen molar-refractivity contribution in [1.82, 2.24) is 9.97 Å². The Balaban J connectivity index is 2.08. The number of aliphatic hydroxyl groups is 1. The fraction of sp³-hybridized carbons (Fsp3) is 0.286. The highest BCUT2D eigenvalue weighted by atomic mass is 32.2. The van der Waals surface area contributed by atoms with Crippen LogP contribution in [-0.2, 0) is 6.42 Å². The van der Waals surface area contributed by atoms with E-state index in [0.717, 1.165) is 11.3 Å². The maximum atomic E-state index is 10.2. The summed E-state index contributed by atoms with van der Waals surface area (Å²) in [5.41, 5.74) is 1.64. The Kier molecular flexibility index (Phi) is 4.76. The number of thioether (sulfide) groups is 1. The van der Waals surface area contributed by atoms with Crippen LogP contribution in [0.15, 0.2) is 41.6 Å². The third-order valence-electron chi connectivity index (χ3n) is 2.81. The van der Waals surface area contributed by atoms with E-state index in [2.05, 4.69) is 9.97 Å². The third-order valence-corrected chi connectivity index (χ3v) is 3.55. The number of methoxy groups -OCH3 is 1. The van der Waals surface area contributed by atoms with Gasteiger partial charge in [0.15, 0.2) is 0 Å². The van der Waals surface area contributed by atoms with Crippen molar-refractivity contribution < 1.29 is 9.84 Å². The van der Waals surface area contributed by atoms with E-state index in [9.17, 15) is 5.11 Å². The summed E-state index contributed by atoms with van der Waals surface area (Å²) in [6.07, 6.45) is 3.34. The van der Waals surface area contributed by atoms with E-state index in [1.807, 2.05) is 30.5 Å². The van der Waals surface area contributed by atoms with Crippen molar-refractivity contribution in [2.75, 3.05) is 13.4 Å². The number of aliphatic hydroxyl groups excluding tert-OH is 1. The van der Waals surface area contributed by atoms with Crippen LogP contribution in [0, 0.1) is 0 Å². The number of hydrogen-bond donors (Lipinski definition) is 1. The molecule has 19 heavy (non-hydrogen) atoms. The Morgan fingerprint density at radius 2 is 2.00 bits per heavy atom. The summed E-state index contributed by atoms with van der Waals surface area (Å²) in [5.74, 6) is 0.509. The van der Waals surface area contributed by atoms with Gasteiger partial charge in [-0.15, -0.1) is 11.8 Å². The molecule has 0 radical (unpaired) electrons. The largest absolute Gasteiger partial charge is 0.481 e. The van der Waals surface area contributed by atoms with Gasteiger partial charge in [0.05, 0.1) is 18.9 Å². The molecule has 0 spiro atoms. The maximum Gasteiger partial charge on any atom is 0.216 e. The van der Waals surface area contributed by atoms with Crippen molar-refractivity contribution in [1.29, 1.82) is 0 Å². The van der Waals surface area contributed by atoms with Gasteiger partial charge in [-0.3, -0.25) is 0 Å². The molecule has 0 bridgehead atoms. The van der Waals surface area contributed by atoms with E-state index in [4.69, 9.17) is 4.74 Å². The predicted molar refractivity (Wildman–Crippen MR) is 75.5 cm³/mol. The molecule has 100 valence electrons. The molecule has 0 amide bonds. The lowest BCUT2D eigenvalue weighted by atomic mass is 10.1. The first-order chi connectivity index (χ1) is 9.22. The van der Waals surface area contributed by atoms with Gasteiger partial charge < -0.3 is 9.84 Å². The molecule has 2 rings (SSSR count). The molecule has 1 heterocycles. The Labute approximate surface area is 116 Å². The summed E-state index contributed by atoms with van der Waals surface area (Å²) >= 11 is 1.68. The fourth-order valence-electron chi connectivity index (χ4n) is 1.74. The topological polar surface area (TPSA) is 55.2 Å². The number of hydrogen-bond acceptors (Lipinski definition) is 5. The van der Waals surface area contributed by atoms with Crippen LogP contribution in [-0.4, -0.2) is 28.4 Å². The Morgan fingerprint density at radius 3 is 2.63 bits per heavy atom. The van der Waals surface area contributed by atoms with Gasteiger partial charge in [-0.2, -0.15) is 0 Å². The Bertz CT molecular complexity index is 531. The minimum Gasteiger partial charge on any atom is -0.481 e. The second-order valence-electron chi connectivity index (χ2n) is 4.04. The molecule has 2 aromatic rings. The minimum absolute atomic E-state index is 0.442. The van der Waals surface area contributed by atoms with Crippen LogP contribution in [0.4, 0.5) is 0 Å². The van der Waals surface area contributed by atoms with Crippen molar-refractivity contribution in [2.45, 2.75) is 17.4 Å². The summed E-state index contributed by atoms with van der Waals surface area (Å²) in [7, 11) is 1.56. The highest BCUT2D eigenvalue weighted by Gasteiger charge is 2.10. The van der Waals surface area contributed by atoms with Gasteiger partial charge in [-0.25, -0.2) is 9.97 Å². The second kappa shape index (κ2) is 6.54. The monoisotopic (exact) mass is 276 g/mol. The highest BCUT2D eigenvalue weighted by molar-refractivity contribution is 7.98. The van der Waals surface area contributed by atoms with Crippen LogP contribution in [0.3, 0.4) is 0 Å². The number of ether oxygens (including phenoxy) is 1. The predicted octanol–water partition coefficient (Wildman–Crippen LogP) is 2.48. The van der Waals surface area contributed by atoms with E-state index >= 15 is 0 Å². The number of rotatable bonds is 5. The van der Waals surface area contributed by atoms with Gasteiger partial charge in [0.1, 0.15) is 6.33 Å². The lowest BCUT2D eigenvalue weighted by molar-refractivity contribution is 0.177. The molecular weight excluding hydrogens is 260 g/mol. The zero-order chi connectivity index (χ0) is 13.7. The highest BCUT2D eigenvalue weighted by Crippen LogP contribution is 2.21. The van der Waals surface area contributed by atoms with Crippen molar-refractivity contribution in [3.63, 3.8) is 0 Å². The van der Waals surface area contributed by atoms with Crippen molar-refractivity contribution in [3.05, 3.63) is 47.9 Å². The molecule has 1 atom stereocenters. The smallest absolute Gasteiger partial charge is 0.216 e. The van der Waals surface area contributed by atoms with Crippen LogP contribution in [0.1, 0.15) is 17.4 Å². The number of aromatic nitrogens is 2. The molecule has 0 aliphatic carbocycles. The summed E-state index contributed by atoms with van der Waals surface area (Å²) in [6.45, 7) is 0. The molecule has 4 nitrogen and oxygen atoms in total. The van der Waals surface area contributed by atoms with E-state index < -0.39 is 6.10 Å². The lowest BCUT2D eigenvalue weighted by Crippen LogP contribution is -2.04. The lowest BCUT2D eigenvalue weighted by Gasteiger charge is -2.11. The first-order valence-electron chi connectivity index (χ1n) is 5.90. The van der Waals surface area contributed by atoms with Crippen molar-refractivity contribution >= 4 is 11.8 Å². The van der Waals surface area contributed by atoms with Gasteiger partial charge >= 0.3 is 0 Å². The van der Waals surface area contributed by atoms with Gasteiger partial charge in [-0.1, -0.05) is 12.1 Å². The molecule has 0 saturated carbocycles. The Hall–Kier alpha value is -1.59. The zero-order valence-corrected chi connectivity index (χ0v) is 11.7. The SMILES string of the molecule is COc1cc(CC(O)c2ccc(SC)cc2)ncn1. The van der Waals surface area contributed by atoms with Crippen LogP contribution in [0.25, 0.3) is 0 Å². The van der Waals surface area contributed by atoms with E-state index in [1.165, 1.54) is 11.2 Å². The second-order valence-corrected chi connectivity index (χ2v) is 4.92. The van der Waals surface area contributed by atoms with Crippen molar-refractivity contribution in [2.24, 2.45) is 0 Å². The van der Waals surface area contributed by atoms with Crippen LogP contribution in [0.2, 0.25) is 0 Å². The van der Waals surface area contributed by atoms with Gasteiger partial charge in [0.25, 0.3) is 0 Å².